The molecule has 0 aromatic heterocycles. The highest BCUT2D eigenvalue weighted by Gasteiger charge is 2.22. The van der Waals surface area contributed by atoms with Gasteiger partial charge in [-0.3, -0.25) is 4.79 Å². The van der Waals surface area contributed by atoms with Crippen molar-refractivity contribution in [3.8, 4) is 0 Å². The van der Waals surface area contributed by atoms with E-state index < -0.39 is 0 Å². The Morgan fingerprint density at radius 1 is 1.44 bits per heavy atom. The van der Waals surface area contributed by atoms with Crippen molar-refractivity contribution < 1.29 is 4.79 Å². The largest absolute Gasteiger partial charge is 0.341 e. The fraction of sp³-hybridized carbons (Fsp3) is 0.533. The summed E-state index contributed by atoms with van der Waals surface area (Å²) >= 11 is 0. The molecule has 1 aromatic carbocycles. The van der Waals surface area contributed by atoms with Gasteiger partial charge in [0.2, 0.25) is 5.91 Å². The van der Waals surface area contributed by atoms with Crippen LogP contribution in [0.2, 0.25) is 0 Å². The average molecular weight is 246 g/mol. The lowest BCUT2D eigenvalue weighted by atomic mass is 10.0. The predicted molar refractivity (Wildman–Crippen MR) is 73.5 cm³/mol. The van der Waals surface area contributed by atoms with Crippen molar-refractivity contribution >= 4 is 5.91 Å². The number of aryl methyl sites for hydroxylation is 2. The molecule has 18 heavy (non-hydrogen) atoms. The average Bonchev–Trinajstić information content (AvgIpc) is 2.90. The van der Waals surface area contributed by atoms with Gasteiger partial charge in [0.25, 0.3) is 0 Å². The summed E-state index contributed by atoms with van der Waals surface area (Å²) in [5.74, 6) is 0.256. The molecule has 1 aliphatic heterocycles. The van der Waals surface area contributed by atoms with Crippen LogP contribution in [0.15, 0.2) is 24.3 Å². The number of benzene rings is 1. The zero-order chi connectivity index (χ0) is 13.0. The van der Waals surface area contributed by atoms with E-state index in [1.807, 2.05) is 24.1 Å². The smallest absolute Gasteiger partial charge is 0.222 e. The topological polar surface area (TPSA) is 32.3 Å². The number of nitrogens with one attached hydrogen (secondary N) is 1. The van der Waals surface area contributed by atoms with Gasteiger partial charge in [-0.15, -0.1) is 0 Å². The molecular weight excluding hydrogens is 224 g/mol. The standard InChI is InChI=1S/C15H22N2O/c1-12-5-3-4-6-13(12)7-8-15(18)17(2)14-9-10-16-11-14/h3-6,14,16H,7-11H2,1-2H3/t14-/m1/s1. The van der Waals surface area contributed by atoms with Crippen LogP contribution in [0, 0.1) is 6.92 Å². The molecule has 0 spiro atoms. The van der Waals surface area contributed by atoms with Gasteiger partial charge in [-0.25, -0.2) is 0 Å². The monoisotopic (exact) mass is 246 g/mol. The Morgan fingerprint density at radius 2 is 2.22 bits per heavy atom. The van der Waals surface area contributed by atoms with Crippen molar-refractivity contribution in [2.75, 3.05) is 20.1 Å². The van der Waals surface area contributed by atoms with E-state index in [1.165, 1.54) is 11.1 Å². The molecule has 1 atom stereocenters. The molecular formula is C15H22N2O. The first-order valence-electron chi connectivity index (χ1n) is 6.69. The number of rotatable bonds is 4. The molecule has 1 N–H and O–H groups in total. The highest BCUT2D eigenvalue weighted by atomic mass is 16.2. The molecule has 1 saturated heterocycles. The van der Waals surface area contributed by atoms with Gasteiger partial charge in [-0.2, -0.15) is 0 Å². The summed E-state index contributed by atoms with van der Waals surface area (Å²) in [6, 6.07) is 8.67. The van der Waals surface area contributed by atoms with Crippen LogP contribution in [0.25, 0.3) is 0 Å². The number of hydrogen-bond acceptors (Lipinski definition) is 2. The minimum atomic E-state index is 0.256. The molecule has 2 rings (SSSR count). The van der Waals surface area contributed by atoms with Crippen LogP contribution >= 0.6 is 0 Å². The van der Waals surface area contributed by atoms with E-state index in [1.54, 1.807) is 0 Å². The normalized spacial score (nSPS) is 18.9. The van der Waals surface area contributed by atoms with E-state index in [-0.39, 0.29) is 5.91 Å². The van der Waals surface area contributed by atoms with Crippen molar-refractivity contribution in [3.63, 3.8) is 0 Å². The van der Waals surface area contributed by atoms with Crippen LogP contribution in [0.4, 0.5) is 0 Å². The fourth-order valence-corrected chi connectivity index (χ4v) is 2.48. The van der Waals surface area contributed by atoms with Crippen molar-refractivity contribution in [2.24, 2.45) is 0 Å². The maximum absolute atomic E-state index is 12.1. The molecule has 0 bridgehead atoms. The second-order valence-electron chi connectivity index (χ2n) is 5.08. The van der Waals surface area contributed by atoms with Gasteiger partial charge in [0.1, 0.15) is 0 Å². The molecule has 1 aromatic rings. The predicted octanol–water partition coefficient (Wildman–Crippen LogP) is 1.75. The molecule has 1 aliphatic rings. The van der Waals surface area contributed by atoms with Crippen molar-refractivity contribution in [1.29, 1.82) is 0 Å². The number of amides is 1. The lowest BCUT2D eigenvalue weighted by Gasteiger charge is -2.23. The van der Waals surface area contributed by atoms with Gasteiger partial charge >= 0.3 is 0 Å². The van der Waals surface area contributed by atoms with E-state index in [2.05, 4.69) is 24.4 Å². The summed E-state index contributed by atoms with van der Waals surface area (Å²) in [5.41, 5.74) is 2.55. The van der Waals surface area contributed by atoms with Crippen LogP contribution in [0.3, 0.4) is 0 Å². The Hall–Kier alpha value is -1.35. The molecule has 0 aliphatic carbocycles. The number of hydrogen-bond donors (Lipinski definition) is 1. The Balaban J connectivity index is 1.86. The minimum Gasteiger partial charge on any atom is -0.341 e. The van der Waals surface area contributed by atoms with E-state index in [4.69, 9.17) is 0 Å². The first-order valence-corrected chi connectivity index (χ1v) is 6.69. The van der Waals surface area contributed by atoms with Crippen molar-refractivity contribution in [2.45, 2.75) is 32.2 Å². The summed E-state index contributed by atoms with van der Waals surface area (Å²) in [6.07, 6.45) is 2.53. The van der Waals surface area contributed by atoms with E-state index in [0.717, 1.165) is 25.9 Å². The Morgan fingerprint density at radius 3 is 2.89 bits per heavy atom. The van der Waals surface area contributed by atoms with Gasteiger partial charge in [0.05, 0.1) is 0 Å². The second-order valence-corrected chi connectivity index (χ2v) is 5.08. The zero-order valence-electron chi connectivity index (χ0n) is 11.3. The maximum atomic E-state index is 12.1. The van der Waals surface area contributed by atoms with Crippen molar-refractivity contribution in [1.82, 2.24) is 10.2 Å². The molecule has 0 saturated carbocycles. The molecule has 0 radical (unpaired) electrons. The van der Waals surface area contributed by atoms with Gasteiger partial charge in [-0.1, -0.05) is 24.3 Å². The first kappa shape index (κ1) is 13.1. The molecule has 1 amide bonds. The summed E-state index contributed by atoms with van der Waals surface area (Å²) in [4.78, 5) is 14.0. The lowest BCUT2D eigenvalue weighted by Crippen LogP contribution is -2.38. The summed E-state index contributed by atoms with van der Waals surface area (Å²) in [7, 11) is 1.93. The molecule has 98 valence electrons. The number of likely N-dealkylation sites (N-methyl/N-ethyl adjacent to an activating group) is 1. The van der Waals surface area contributed by atoms with Gasteiger partial charge in [0.15, 0.2) is 0 Å². The van der Waals surface area contributed by atoms with E-state index in [0.29, 0.717) is 12.5 Å². The number of carbonyl (C=O) groups excluding carboxylic acids is 1. The van der Waals surface area contributed by atoms with Crippen molar-refractivity contribution in [3.05, 3.63) is 35.4 Å². The fourth-order valence-electron chi connectivity index (χ4n) is 2.48. The van der Waals surface area contributed by atoms with Crippen LogP contribution in [0.5, 0.6) is 0 Å². The summed E-state index contributed by atoms with van der Waals surface area (Å²) in [5, 5.41) is 3.30. The summed E-state index contributed by atoms with van der Waals surface area (Å²) < 4.78 is 0. The highest BCUT2D eigenvalue weighted by Crippen LogP contribution is 2.12. The third-order valence-corrected chi connectivity index (χ3v) is 3.84. The lowest BCUT2D eigenvalue weighted by molar-refractivity contribution is -0.131. The third-order valence-electron chi connectivity index (χ3n) is 3.84. The highest BCUT2D eigenvalue weighted by molar-refractivity contribution is 5.76. The number of nitrogens with zero attached hydrogens (tertiary/aromatic N) is 1. The minimum absolute atomic E-state index is 0.256. The van der Waals surface area contributed by atoms with Gasteiger partial charge in [-0.05, 0) is 37.4 Å². The van der Waals surface area contributed by atoms with E-state index in [9.17, 15) is 4.79 Å². The van der Waals surface area contributed by atoms with E-state index >= 15 is 0 Å². The van der Waals surface area contributed by atoms with Crippen LogP contribution < -0.4 is 5.32 Å². The van der Waals surface area contributed by atoms with Crippen LogP contribution in [-0.4, -0.2) is 37.0 Å². The first-order chi connectivity index (χ1) is 8.68. The quantitative estimate of drug-likeness (QED) is 0.878. The second kappa shape index (κ2) is 6.01. The third kappa shape index (κ3) is 3.10. The van der Waals surface area contributed by atoms with Gasteiger partial charge < -0.3 is 10.2 Å². The zero-order valence-corrected chi connectivity index (χ0v) is 11.3. The van der Waals surface area contributed by atoms with Gasteiger partial charge in [0, 0.05) is 26.1 Å². The molecule has 1 fully saturated rings. The molecule has 0 unspecified atom stereocenters. The maximum Gasteiger partial charge on any atom is 0.222 e. The number of carbonyl (C=O) groups is 1. The van der Waals surface area contributed by atoms with Crippen LogP contribution in [0.1, 0.15) is 24.0 Å². The Labute approximate surface area is 109 Å². The summed E-state index contributed by atoms with van der Waals surface area (Å²) in [6.45, 7) is 4.07. The Kier molecular flexibility index (Phi) is 4.37. The molecule has 3 nitrogen and oxygen atoms in total. The SMILES string of the molecule is Cc1ccccc1CCC(=O)N(C)[C@@H]1CCNC1. The molecule has 1 heterocycles. The Bertz CT molecular complexity index is 411. The molecule has 3 heteroatoms. The van der Waals surface area contributed by atoms with Crippen LogP contribution in [-0.2, 0) is 11.2 Å².